The Labute approximate surface area is 250 Å². The second-order valence-electron chi connectivity index (χ2n) is 9.73. The summed E-state index contributed by atoms with van der Waals surface area (Å²) in [6.45, 7) is 1.12. The molecule has 0 heterocycles. The van der Waals surface area contributed by atoms with Crippen LogP contribution in [-0.2, 0) is 26.2 Å². The molecular weight excluding hydrogens is 593 g/mol. The van der Waals surface area contributed by atoms with Crippen molar-refractivity contribution in [1.29, 1.82) is 0 Å². The van der Waals surface area contributed by atoms with Gasteiger partial charge in [-0.3, -0.25) is 13.9 Å². The van der Waals surface area contributed by atoms with Gasteiger partial charge in [0.1, 0.15) is 12.6 Å². The lowest BCUT2D eigenvalue weighted by Crippen LogP contribution is -2.52. The maximum Gasteiger partial charge on any atom is 0.264 e. The van der Waals surface area contributed by atoms with Gasteiger partial charge in [0, 0.05) is 22.6 Å². The molecule has 1 fully saturated rings. The van der Waals surface area contributed by atoms with Crippen LogP contribution in [0.3, 0.4) is 0 Å². The number of nitrogens with one attached hydrogen (secondary N) is 1. The molecule has 1 N–H and O–H groups in total. The van der Waals surface area contributed by atoms with Crippen molar-refractivity contribution in [3.63, 3.8) is 0 Å². The third-order valence-corrected chi connectivity index (χ3v) is 9.49. The standard InChI is InChI=1S/C29H30Cl3N3O4S/c1-20(29(37)33-24-7-5-6-8-24)34(18-21-11-13-22(30)14-12-21)28(36)19-35(27-16-15-23(31)17-26(27)32)40(38,39)25-9-3-2-4-10-25/h2-4,9-17,20,24H,5-8,18-19H2,1H3,(H,33,37). The Balaban J connectivity index is 1.70. The Morgan fingerprint density at radius 3 is 2.17 bits per heavy atom. The van der Waals surface area contributed by atoms with E-state index < -0.39 is 28.5 Å². The first-order chi connectivity index (χ1) is 19.1. The minimum Gasteiger partial charge on any atom is -0.352 e. The van der Waals surface area contributed by atoms with Crippen molar-refractivity contribution in [3.8, 4) is 0 Å². The Hall–Kier alpha value is -2.78. The van der Waals surface area contributed by atoms with E-state index in [1.807, 2.05) is 0 Å². The van der Waals surface area contributed by atoms with Crippen LogP contribution in [0.25, 0.3) is 0 Å². The number of carbonyl (C=O) groups excluding carboxylic acids is 2. The molecule has 1 aliphatic rings. The van der Waals surface area contributed by atoms with Crippen LogP contribution < -0.4 is 9.62 Å². The van der Waals surface area contributed by atoms with Crippen LogP contribution >= 0.6 is 34.8 Å². The molecule has 40 heavy (non-hydrogen) atoms. The number of halogens is 3. The predicted molar refractivity (Wildman–Crippen MR) is 159 cm³/mol. The summed E-state index contributed by atoms with van der Waals surface area (Å²) in [5.74, 6) is -0.870. The van der Waals surface area contributed by atoms with E-state index in [9.17, 15) is 18.0 Å². The summed E-state index contributed by atoms with van der Waals surface area (Å²) in [7, 11) is -4.22. The Morgan fingerprint density at radius 1 is 0.925 bits per heavy atom. The van der Waals surface area contributed by atoms with Crippen molar-refractivity contribution >= 4 is 62.3 Å². The van der Waals surface area contributed by atoms with Crippen LogP contribution in [0.15, 0.2) is 77.7 Å². The van der Waals surface area contributed by atoms with Gasteiger partial charge in [-0.2, -0.15) is 0 Å². The van der Waals surface area contributed by atoms with E-state index in [0.29, 0.717) is 10.0 Å². The minimum atomic E-state index is -4.22. The fourth-order valence-corrected chi connectivity index (χ4v) is 6.82. The van der Waals surface area contributed by atoms with Crippen molar-refractivity contribution in [2.75, 3.05) is 10.8 Å². The summed E-state index contributed by atoms with van der Waals surface area (Å²) in [6, 6.07) is 18.3. The predicted octanol–water partition coefficient (Wildman–Crippen LogP) is 6.32. The lowest BCUT2D eigenvalue weighted by atomic mass is 10.1. The fourth-order valence-electron chi connectivity index (χ4n) is 4.68. The number of benzene rings is 3. The number of hydrogen-bond donors (Lipinski definition) is 1. The first kappa shape index (κ1) is 30.2. The van der Waals surface area contributed by atoms with Crippen LogP contribution in [0.2, 0.25) is 15.1 Å². The molecule has 0 spiro atoms. The van der Waals surface area contributed by atoms with Crippen LogP contribution in [0.5, 0.6) is 0 Å². The van der Waals surface area contributed by atoms with Gasteiger partial charge >= 0.3 is 0 Å². The van der Waals surface area contributed by atoms with Crippen molar-refractivity contribution in [2.45, 2.75) is 56.1 Å². The molecule has 212 valence electrons. The largest absolute Gasteiger partial charge is 0.352 e. The van der Waals surface area contributed by atoms with Gasteiger partial charge < -0.3 is 10.2 Å². The summed E-state index contributed by atoms with van der Waals surface area (Å²) in [5.41, 5.74) is 0.832. The topological polar surface area (TPSA) is 86.8 Å². The van der Waals surface area contributed by atoms with E-state index in [4.69, 9.17) is 34.8 Å². The van der Waals surface area contributed by atoms with Gasteiger partial charge in [-0.05, 0) is 67.8 Å². The second-order valence-corrected chi connectivity index (χ2v) is 12.9. The fraction of sp³-hybridized carbons (Fsp3) is 0.310. The lowest BCUT2D eigenvalue weighted by Gasteiger charge is -2.32. The van der Waals surface area contributed by atoms with Crippen LogP contribution in [0.4, 0.5) is 5.69 Å². The Kier molecular flexibility index (Phi) is 10.0. The molecule has 0 saturated heterocycles. The highest BCUT2D eigenvalue weighted by molar-refractivity contribution is 7.92. The highest BCUT2D eigenvalue weighted by atomic mass is 35.5. The summed E-state index contributed by atoms with van der Waals surface area (Å²) in [5, 5.41) is 3.96. The number of hydrogen-bond acceptors (Lipinski definition) is 4. The van der Waals surface area contributed by atoms with Crippen molar-refractivity contribution in [2.24, 2.45) is 0 Å². The zero-order valence-corrected chi connectivity index (χ0v) is 25.0. The van der Waals surface area contributed by atoms with E-state index in [2.05, 4.69) is 5.32 Å². The van der Waals surface area contributed by atoms with Crippen molar-refractivity contribution < 1.29 is 18.0 Å². The van der Waals surface area contributed by atoms with Gasteiger partial charge in [0.25, 0.3) is 10.0 Å². The molecule has 1 aliphatic carbocycles. The molecule has 11 heteroatoms. The van der Waals surface area contributed by atoms with Gasteiger partial charge in [-0.15, -0.1) is 0 Å². The third-order valence-electron chi connectivity index (χ3n) is 6.92. The molecular formula is C29H30Cl3N3O4S. The maximum atomic E-state index is 14.0. The van der Waals surface area contributed by atoms with Gasteiger partial charge in [0.05, 0.1) is 15.6 Å². The average molecular weight is 623 g/mol. The number of carbonyl (C=O) groups is 2. The van der Waals surface area contributed by atoms with Crippen LogP contribution in [0, 0.1) is 0 Å². The van der Waals surface area contributed by atoms with Crippen molar-refractivity contribution in [1.82, 2.24) is 10.2 Å². The zero-order chi connectivity index (χ0) is 28.9. The summed E-state index contributed by atoms with van der Waals surface area (Å²) in [4.78, 5) is 28.6. The van der Waals surface area contributed by atoms with Gasteiger partial charge in [-0.1, -0.05) is 78.0 Å². The molecule has 1 unspecified atom stereocenters. The molecule has 0 aromatic heterocycles. The number of rotatable bonds is 10. The number of sulfonamides is 1. The number of anilines is 1. The monoisotopic (exact) mass is 621 g/mol. The van der Waals surface area contributed by atoms with Crippen LogP contribution in [-0.4, -0.2) is 43.8 Å². The van der Waals surface area contributed by atoms with E-state index in [1.165, 1.54) is 35.2 Å². The van der Waals surface area contributed by atoms with Crippen LogP contribution in [0.1, 0.15) is 38.2 Å². The summed E-state index contributed by atoms with van der Waals surface area (Å²) in [6.07, 6.45) is 3.87. The van der Waals surface area contributed by atoms with Gasteiger partial charge in [0.2, 0.25) is 11.8 Å². The number of nitrogens with zero attached hydrogens (tertiary/aromatic N) is 2. The van der Waals surface area contributed by atoms with Crippen molar-refractivity contribution in [3.05, 3.63) is 93.4 Å². The molecule has 2 amide bonds. The third kappa shape index (κ3) is 7.29. The SMILES string of the molecule is CC(C(=O)NC1CCCC1)N(Cc1ccc(Cl)cc1)C(=O)CN(c1ccc(Cl)cc1Cl)S(=O)(=O)c1ccccc1. The molecule has 3 aromatic rings. The first-order valence-corrected chi connectivity index (χ1v) is 15.5. The highest BCUT2D eigenvalue weighted by Crippen LogP contribution is 2.33. The van der Waals surface area contributed by atoms with E-state index >= 15 is 0 Å². The normalized spacial score (nSPS) is 14.5. The maximum absolute atomic E-state index is 14.0. The van der Waals surface area contributed by atoms with Gasteiger partial charge in [0.15, 0.2) is 0 Å². The molecule has 0 bridgehead atoms. The Bertz CT molecular complexity index is 1450. The zero-order valence-electron chi connectivity index (χ0n) is 21.9. The molecule has 3 aromatic carbocycles. The quantitative estimate of drug-likeness (QED) is 0.287. The molecule has 0 aliphatic heterocycles. The minimum absolute atomic E-state index is 0.00917. The summed E-state index contributed by atoms with van der Waals surface area (Å²) < 4.78 is 28.6. The van der Waals surface area contributed by atoms with E-state index in [1.54, 1.807) is 49.4 Å². The van der Waals surface area contributed by atoms with E-state index in [0.717, 1.165) is 35.6 Å². The lowest BCUT2D eigenvalue weighted by molar-refractivity contribution is -0.139. The average Bonchev–Trinajstić information content (AvgIpc) is 3.45. The molecule has 0 radical (unpaired) electrons. The second kappa shape index (κ2) is 13.3. The Morgan fingerprint density at radius 2 is 1.55 bits per heavy atom. The van der Waals surface area contributed by atoms with E-state index in [-0.39, 0.29) is 34.1 Å². The van der Waals surface area contributed by atoms with Gasteiger partial charge in [-0.25, -0.2) is 8.42 Å². The number of amides is 2. The molecule has 1 atom stereocenters. The summed E-state index contributed by atoms with van der Waals surface area (Å²) >= 11 is 18.6. The first-order valence-electron chi connectivity index (χ1n) is 12.9. The molecule has 7 nitrogen and oxygen atoms in total. The highest BCUT2D eigenvalue weighted by Gasteiger charge is 2.34. The molecule has 4 rings (SSSR count). The smallest absolute Gasteiger partial charge is 0.264 e. The molecule has 1 saturated carbocycles.